The predicted octanol–water partition coefficient (Wildman–Crippen LogP) is 3.18. The number of ether oxygens (including phenoxy) is 4. The summed E-state index contributed by atoms with van der Waals surface area (Å²) < 4.78 is 21.1. The second-order valence-electron chi connectivity index (χ2n) is 6.67. The normalized spacial score (nSPS) is 10.7. The molecule has 0 aliphatic heterocycles. The summed E-state index contributed by atoms with van der Waals surface area (Å²) in [6.45, 7) is 3.78. The van der Waals surface area contributed by atoms with Crippen molar-refractivity contribution in [2.75, 3.05) is 20.8 Å². The van der Waals surface area contributed by atoms with Gasteiger partial charge in [0.05, 0.1) is 32.7 Å². The van der Waals surface area contributed by atoms with Crippen molar-refractivity contribution in [1.29, 1.82) is 0 Å². The van der Waals surface area contributed by atoms with E-state index in [1.54, 1.807) is 18.2 Å². The Hall–Kier alpha value is -4.34. The number of hydrazone groups is 1. The summed E-state index contributed by atoms with van der Waals surface area (Å²) in [5, 5.41) is 10.8. The van der Waals surface area contributed by atoms with Gasteiger partial charge in [0.25, 0.3) is 5.91 Å². The molecule has 3 rings (SSSR count). The average Bonchev–Trinajstić information content (AvgIpc) is 3.30. The topological polar surface area (TPSA) is 124 Å². The molecule has 0 bridgehead atoms. The fourth-order valence-corrected chi connectivity index (χ4v) is 2.92. The van der Waals surface area contributed by atoms with Crippen molar-refractivity contribution in [1.82, 2.24) is 15.6 Å². The monoisotopic (exact) mass is 452 g/mol. The Balaban J connectivity index is 1.69. The van der Waals surface area contributed by atoms with Gasteiger partial charge in [-0.1, -0.05) is 0 Å². The molecule has 0 fully saturated rings. The van der Waals surface area contributed by atoms with E-state index in [1.165, 1.54) is 27.4 Å². The number of aromatic nitrogens is 2. The van der Waals surface area contributed by atoms with Crippen LogP contribution < -0.4 is 24.4 Å². The molecule has 0 saturated heterocycles. The lowest BCUT2D eigenvalue weighted by atomic mass is 10.1. The Morgan fingerprint density at radius 2 is 1.76 bits per heavy atom. The quantitative estimate of drug-likeness (QED) is 0.221. The number of benzene rings is 2. The molecule has 10 heteroatoms. The molecule has 0 aliphatic carbocycles. The Kier molecular flexibility index (Phi) is 7.64. The van der Waals surface area contributed by atoms with Crippen LogP contribution in [0, 0.1) is 0 Å². The summed E-state index contributed by atoms with van der Waals surface area (Å²) in [5.74, 6) is 0.513. The van der Waals surface area contributed by atoms with Gasteiger partial charge >= 0.3 is 5.97 Å². The number of esters is 1. The number of H-pyrrole nitrogens is 1. The lowest BCUT2D eigenvalue weighted by molar-refractivity contribution is -0.132. The van der Waals surface area contributed by atoms with Crippen LogP contribution in [0.15, 0.2) is 47.6 Å². The number of carbonyl (C=O) groups excluding carboxylic acids is 2. The van der Waals surface area contributed by atoms with Crippen molar-refractivity contribution in [3.63, 3.8) is 0 Å². The number of hydrogen-bond acceptors (Lipinski definition) is 8. The number of nitrogens with zero attached hydrogens (tertiary/aromatic N) is 2. The Morgan fingerprint density at radius 3 is 2.33 bits per heavy atom. The Morgan fingerprint density at radius 1 is 1.09 bits per heavy atom. The molecule has 3 aromatic rings. The van der Waals surface area contributed by atoms with Gasteiger partial charge in [0.15, 0.2) is 11.5 Å². The second kappa shape index (κ2) is 10.8. The molecule has 0 aliphatic rings. The van der Waals surface area contributed by atoms with Crippen LogP contribution >= 0.6 is 0 Å². The first-order valence-electron chi connectivity index (χ1n) is 10.0. The van der Waals surface area contributed by atoms with Crippen LogP contribution in [-0.2, 0) is 4.79 Å². The summed E-state index contributed by atoms with van der Waals surface area (Å²) in [7, 11) is 2.87. The van der Waals surface area contributed by atoms with E-state index in [9.17, 15) is 9.59 Å². The number of methoxy groups -OCH3 is 2. The van der Waals surface area contributed by atoms with E-state index < -0.39 is 11.9 Å². The summed E-state index contributed by atoms with van der Waals surface area (Å²) in [6, 6.07) is 12.2. The maximum absolute atomic E-state index is 12.4. The van der Waals surface area contributed by atoms with E-state index in [2.05, 4.69) is 20.7 Å². The van der Waals surface area contributed by atoms with E-state index >= 15 is 0 Å². The number of hydrogen-bond donors (Lipinski definition) is 2. The molecule has 33 heavy (non-hydrogen) atoms. The molecule has 0 unspecified atom stereocenters. The highest BCUT2D eigenvalue weighted by Crippen LogP contribution is 2.38. The van der Waals surface area contributed by atoms with Crippen molar-refractivity contribution in [3.05, 3.63) is 53.7 Å². The van der Waals surface area contributed by atoms with Gasteiger partial charge in [0, 0.05) is 18.1 Å². The number of rotatable bonds is 9. The van der Waals surface area contributed by atoms with E-state index in [0.717, 1.165) is 11.3 Å². The highest BCUT2D eigenvalue weighted by molar-refractivity contribution is 5.94. The molecule has 2 aromatic carbocycles. The van der Waals surface area contributed by atoms with Crippen LogP contribution in [0.25, 0.3) is 11.3 Å². The average molecular weight is 452 g/mol. The molecule has 2 N–H and O–H groups in total. The fourth-order valence-electron chi connectivity index (χ4n) is 2.92. The van der Waals surface area contributed by atoms with Crippen molar-refractivity contribution < 1.29 is 28.5 Å². The molecular weight excluding hydrogens is 428 g/mol. The van der Waals surface area contributed by atoms with E-state index in [0.29, 0.717) is 17.9 Å². The Bertz CT molecular complexity index is 1130. The lowest BCUT2D eigenvalue weighted by Crippen LogP contribution is -2.18. The molecule has 1 heterocycles. The van der Waals surface area contributed by atoms with Crippen molar-refractivity contribution in [2.24, 2.45) is 5.10 Å². The highest BCUT2D eigenvalue weighted by atomic mass is 16.6. The van der Waals surface area contributed by atoms with Crippen LogP contribution in [0.4, 0.5) is 0 Å². The smallest absolute Gasteiger partial charge is 0.308 e. The second-order valence-corrected chi connectivity index (χ2v) is 6.67. The van der Waals surface area contributed by atoms with E-state index in [4.69, 9.17) is 18.9 Å². The van der Waals surface area contributed by atoms with Gasteiger partial charge in [-0.2, -0.15) is 10.2 Å². The van der Waals surface area contributed by atoms with Gasteiger partial charge in [-0.25, -0.2) is 5.43 Å². The maximum atomic E-state index is 12.4. The van der Waals surface area contributed by atoms with Crippen LogP contribution in [0.1, 0.15) is 29.9 Å². The molecule has 0 saturated carbocycles. The summed E-state index contributed by atoms with van der Waals surface area (Å²) >= 11 is 0. The third-order valence-corrected chi connectivity index (χ3v) is 4.39. The minimum absolute atomic E-state index is 0.160. The van der Waals surface area contributed by atoms with Gasteiger partial charge < -0.3 is 18.9 Å². The van der Waals surface area contributed by atoms with Crippen molar-refractivity contribution >= 4 is 18.1 Å². The first-order valence-corrected chi connectivity index (χ1v) is 10.0. The molecular formula is C23H24N4O6. The molecule has 0 spiro atoms. The van der Waals surface area contributed by atoms with Crippen molar-refractivity contribution in [2.45, 2.75) is 13.8 Å². The number of nitrogens with one attached hydrogen (secondary N) is 2. The SMILES string of the molecule is CCOc1ccc(-c2cc(C(=O)NN=Cc3cc(OC)c(OC(C)=O)c(OC)c3)[nH]n2)cc1. The van der Waals surface area contributed by atoms with Gasteiger partial charge in [-0.3, -0.25) is 14.7 Å². The van der Waals surface area contributed by atoms with E-state index in [-0.39, 0.29) is 22.9 Å². The summed E-state index contributed by atoms with van der Waals surface area (Å²) in [5.41, 5.74) is 4.68. The molecule has 1 aromatic heterocycles. The lowest BCUT2D eigenvalue weighted by Gasteiger charge is -2.13. The van der Waals surface area contributed by atoms with Crippen molar-refractivity contribution in [3.8, 4) is 34.3 Å². The van der Waals surface area contributed by atoms with Gasteiger partial charge in [0.2, 0.25) is 5.75 Å². The third kappa shape index (κ3) is 5.88. The van der Waals surface area contributed by atoms with Gasteiger partial charge in [-0.15, -0.1) is 0 Å². The number of carbonyl (C=O) groups is 2. The zero-order valence-corrected chi connectivity index (χ0v) is 18.7. The van der Waals surface area contributed by atoms with Crippen LogP contribution in [-0.4, -0.2) is 49.1 Å². The van der Waals surface area contributed by atoms with Crippen LogP contribution in [0.5, 0.6) is 23.0 Å². The minimum Gasteiger partial charge on any atom is -0.494 e. The van der Waals surface area contributed by atoms with Crippen LogP contribution in [0.3, 0.4) is 0 Å². The first kappa shape index (κ1) is 23.3. The molecule has 0 atom stereocenters. The van der Waals surface area contributed by atoms with Gasteiger partial charge in [0.1, 0.15) is 11.4 Å². The minimum atomic E-state index is -0.510. The zero-order chi connectivity index (χ0) is 23.8. The summed E-state index contributed by atoms with van der Waals surface area (Å²) in [4.78, 5) is 23.7. The van der Waals surface area contributed by atoms with Gasteiger partial charge in [-0.05, 0) is 49.4 Å². The van der Waals surface area contributed by atoms with Crippen LogP contribution in [0.2, 0.25) is 0 Å². The zero-order valence-electron chi connectivity index (χ0n) is 18.7. The number of aromatic amines is 1. The Labute approximate surface area is 190 Å². The van der Waals surface area contributed by atoms with E-state index in [1.807, 2.05) is 31.2 Å². The highest BCUT2D eigenvalue weighted by Gasteiger charge is 2.16. The first-order chi connectivity index (χ1) is 15.9. The molecule has 1 amide bonds. The summed E-state index contributed by atoms with van der Waals surface area (Å²) in [6.07, 6.45) is 1.41. The molecule has 10 nitrogen and oxygen atoms in total. The predicted molar refractivity (Wildman–Crippen MR) is 121 cm³/mol. The fraction of sp³-hybridized carbons (Fsp3) is 0.217. The number of amides is 1. The molecule has 0 radical (unpaired) electrons. The maximum Gasteiger partial charge on any atom is 0.308 e. The largest absolute Gasteiger partial charge is 0.494 e. The standard InChI is InChI=1S/C23H24N4O6/c1-5-32-17-8-6-16(7-9-17)18-12-19(26-25-18)23(29)27-24-13-15-10-20(30-3)22(33-14(2)28)21(11-15)31-4/h6-13H,5H2,1-4H3,(H,25,26)(H,27,29). The third-order valence-electron chi connectivity index (χ3n) is 4.39. The molecule has 172 valence electrons.